The van der Waals surface area contributed by atoms with Gasteiger partial charge in [-0.1, -0.05) is 13.8 Å². The van der Waals surface area contributed by atoms with Crippen LogP contribution in [0.3, 0.4) is 0 Å². The van der Waals surface area contributed by atoms with E-state index in [1.54, 1.807) is 0 Å². The number of nitrogens with zero attached hydrogens (tertiary/aromatic N) is 2. The molecular weight excluding hydrogens is 156 g/mol. The molecule has 0 amide bonds. The predicted molar refractivity (Wildman–Crippen MR) is 45.9 cm³/mol. The van der Waals surface area contributed by atoms with Crippen LogP contribution >= 0.6 is 0 Å². The van der Waals surface area contributed by atoms with Gasteiger partial charge in [-0.3, -0.25) is 4.79 Å². The number of H-pyrrole nitrogens is 2. The molecule has 0 radical (unpaired) electrons. The average molecular weight is 166 g/mol. The number of rotatable bonds is 0. The van der Waals surface area contributed by atoms with Gasteiger partial charge in [0.25, 0.3) is 5.56 Å². The van der Waals surface area contributed by atoms with Crippen molar-refractivity contribution in [2.75, 3.05) is 0 Å². The molecule has 0 saturated heterocycles. The Bertz CT molecular complexity index is 403. The zero-order chi connectivity index (χ0) is 8.97. The smallest absolute Gasteiger partial charge is 0.292 e. The molecule has 0 aliphatic rings. The number of aromatic amines is 2. The molecule has 2 aromatic rings. The molecular formula is C7H10N4O. The third-order valence-electron chi connectivity index (χ3n) is 1.24. The Balaban J connectivity index is 0.000000336. The highest BCUT2D eigenvalue weighted by molar-refractivity contribution is 5.71. The predicted octanol–water partition coefficient (Wildman–Crippen LogP) is 0.672. The van der Waals surface area contributed by atoms with Crippen molar-refractivity contribution in [1.29, 1.82) is 0 Å². The quantitative estimate of drug-likeness (QED) is 0.604. The molecule has 2 heterocycles. The highest BCUT2D eigenvalue weighted by atomic mass is 16.1. The molecule has 0 bridgehead atoms. The third-order valence-corrected chi connectivity index (χ3v) is 1.24. The molecule has 0 aliphatic carbocycles. The molecule has 0 unspecified atom stereocenters. The Morgan fingerprint density at radius 2 is 2.17 bits per heavy atom. The second-order valence-corrected chi connectivity index (χ2v) is 1.86. The molecule has 0 saturated carbocycles. The monoisotopic (exact) mass is 166 g/mol. The minimum absolute atomic E-state index is 0.265. The maximum atomic E-state index is 10.8. The number of aromatic nitrogens is 4. The topological polar surface area (TPSA) is 74.4 Å². The third kappa shape index (κ3) is 1.34. The van der Waals surface area contributed by atoms with Gasteiger partial charge in [0.15, 0.2) is 5.52 Å². The summed E-state index contributed by atoms with van der Waals surface area (Å²) in [6.07, 6.45) is 2.98. The van der Waals surface area contributed by atoms with E-state index >= 15 is 0 Å². The molecule has 2 N–H and O–H groups in total. The van der Waals surface area contributed by atoms with Gasteiger partial charge in [-0.2, -0.15) is 5.10 Å². The number of fused-ring (bicyclic) bond motifs is 1. The maximum absolute atomic E-state index is 10.8. The summed E-state index contributed by atoms with van der Waals surface area (Å²) in [6.45, 7) is 4.00. The SMILES string of the molecule is CC.O=c1[nH]ncc2[nH]cnc12. The highest BCUT2D eigenvalue weighted by Crippen LogP contribution is 1.96. The minimum atomic E-state index is -0.265. The van der Waals surface area contributed by atoms with Crippen LogP contribution in [0.1, 0.15) is 13.8 Å². The summed E-state index contributed by atoms with van der Waals surface area (Å²) >= 11 is 0. The molecule has 0 atom stereocenters. The van der Waals surface area contributed by atoms with Crippen LogP contribution in [0.25, 0.3) is 11.0 Å². The van der Waals surface area contributed by atoms with Gasteiger partial charge >= 0.3 is 0 Å². The van der Waals surface area contributed by atoms with Crippen molar-refractivity contribution in [3.8, 4) is 0 Å². The van der Waals surface area contributed by atoms with Crippen LogP contribution in [-0.4, -0.2) is 20.2 Å². The fraction of sp³-hybridized carbons (Fsp3) is 0.286. The number of hydrogen-bond donors (Lipinski definition) is 2. The van der Waals surface area contributed by atoms with Gasteiger partial charge in [-0.25, -0.2) is 10.1 Å². The number of imidazole rings is 1. The fourth-order valence-corrected chi connectivity index (χ4v) is 0.792. The molecule has 64 valence electrons. The Labute approximate surface area is 68.8 Å². The first-order valence-corrected chi connectivity index (χ1v) is 3.75. The molecule has 5 heteroatoms. The lowest BCUT2D eigenvalue weighted by atomic mass is 10.5. The first kappa shape index (κ1) is 8.45. The van der Waals surface area contributed by atoms with Gasteiger partial charge < -0.3 is 4.98 Å². The van der Waals surface area contributed by atoms with Gasteiger partial charge in [-0.05, 0) is 0 Å². The van der Waals surface area contributed by atoms with Gasteiger partial charge in [0.2, 0.25) is 0 Å². The summed E-state index contributed by atoms with van der Waals surface area (Å²) in [6, 6.07) is 0. The van der Waals surface area contributed by atoms with Crippen molar-refractivity contribution in [3.63, 3.8) is 0 Å². The van der Waals surface area contributed by atoms with Crippen molar-refractivity contribution in [2.45, 2.75) is 13.8 Å². The van der Waals surface area contributed by atoms with Crippen LogP contribution < -0.4 is 5.56 Å². The van der Waals surface area contributed by atoms with E-state index in [0.717, 1.165) is 0 Å². The molecule has 12 heavy (non-hydrogen) atoms. The summed E-state index contributed by atoms with van der Waals surface area (Å²) in [5, 5.41) is 5.85. The minimum Gasteiger partial charge on any atom is -0.343 e. The molecule has 0 aliphatic heterocycles. The summed E-state index contributed by atoms with van der Waals surface area (Å²) in [4.78, 5) is 17.4. The van der Waals surface area contributed by atoms with Crippen LogP contribution in [0, 0.1) is 0 Å². The van der Waals surface area contributed by atoms with Crippen LogP contribution in [-0.2, 0) is 0 Å². The molecule has 2 aromatic heterocycles. The zero-order valence-electron chi connectivity index (χ0n) is 6.96. The van der Waals surface area contributed by atoms with E-state index < -0.39 is 0 Å². The van der Waals surface area contributed by atoms with E-state index in [0.29, 0.717) is 11.0 Å². The summed E-state index contributed by atoms with van der Waals surface area (Å²) in [5.74, 6) is 0. The largest absolute Gasteiger partial charge is 0.343 e. The van der Waals surface area contributed by atoms with E-state index in [2.05, 4.69) is 20.2 Å². The molecule has 0 spiro atoms. The molecule has 5 nitrogen and oxygen atoms in total. The lowest BCUT2D eigenvalue weighted by molar-refractivity contribution is 1.01. The first-order valence-electron chi connectivity index (χ1n) is 3.75. The maximum Gasteiger partial charge on any atom is 0.292 e. The van der Waals surface area contributed by atoms with Crippen LogP contribution in [0.2, 0.25) is 0 Å². The Hall–Kier alpha value is -1.65. The summed E-state index contributed by atoms with van der Waals surface area (Å²) in [5.41, 5.74) is 0.789. The van der Waals surface area contributed by atoms with E-state index in [1.165, 1.54) is 12.5 Å². The van der Waals surface area contributed by atoms with Crippen molar-refractivity contribution in [3.05, 3.63) is 22.9 Å². The lowest BCUT2D eigenvalue weighted by Gasteiger charge is -1.81. The fourth-order valence-electron chi connectivity index (χ4n) is 0.792. The average Bonchev–Trinajstić information content (AvgIpc) is 2.57. The van der Waals surface area contributed by atoms with Crippen LogP contribution in [0.5, 0.6) is 0 Å². The Kier molecular flexibility index (Phi) is 2.57. The van der Waals surface area contributed by atoms with Gasteiger partial charge in [0, 0.05) is 0 Å². The Morgan fingerprint density at radius 1 is 1.42 bits per heavy atom. The van der Waals surface area contributed by atoms with Crippen LogP contribution in [0.4, 0.5) is 0 Å². The molecule has 0 aromatic carbocycles. The van der Waals surface area contributed by atoms with Crippen molar-refractivity contribution < 1.29 is 0 Å². The van der Waals surface area contributed by atoms with Crippen molar-refractivity contribution >= 4 is 11.0 Å². The second kappa shape index (κ2) is 3.66. The van der Waals surface area contributed by atoms with Crippen molar-refractivity contribution in [1.82, 2.24) is 20.2 Å². The van der Waals surface area contributed by atoms with Gasteiger partial charge in [0.05, 0.1) is 18.0 Å². The standard InChI is InChI=1S/C5H4N4O.C2H6/c10-5-4-3(1-8-9-5)6-2-7-4;1-2/h1-2H,(H,6,7)(H,9,10);1-2H3. The normalized spacial score (nSPS) is 9.17. The first-order chi connectivity index (χ1) is 5.88. The summed E-state index contributed by atoms with van der Waals surface area (Å²) < 4.78 is 0. The van der Waals surface area contributed by atoms with E-state index in [1.807, 2.05) is 13.8 Å². The number of nitrogens with one attached hydrogen (secondary N) is 2. The lowest BCUT2D eigenvalue weighted by Crippen LogP contribution is -2.06. The number of hydrogen-bond acceptors (Lipinski definition) is 3. The highest BCUT2D eigenvalue weighted by Gasteiger charge is 1.97. The molecule has 0 fully saturated rings. The van der Waals surface area contributed by atoms with Gasteiger partial charge in [0.1, 0.15) is 0 Å². The second-order valence-electron chi connectivity index (χ2n) is 1.86. The zero-order valence-corrected chi connectivity index (χ0v) is 6.96. The van der Waals surface area contributed by atoms with Crippen LogP contribution in [0.15, 0.2) is 17.3 Å². The summed E-state index contributed by atoms with van der Waals surface area (Å²) in [7, 11) is 0. The van der Waals surface area contributed by atoms with E-state index in [-0.39, 0.29) is 5.56 Å². The van der Waals surface area contributed by atoms with E-state index in [4.69, 9.17) is 0 Å². The Morgan fingerprint density at radius 3 is 2.83 bits per heavy atom. The van der Waals surface area contributed by atoms with Crippen molar-refractivity contribution in [2.24, 2.45) is 0 Å². The van der Waals surface area contributed by atoms with E-state index in [9.17, 15) is 4.79 Å². The van der Waals surface area contributed by atoms with Gasteiger partial charge in [-0.15, -0.1) is 0 Å². The molecule has 2 rings (SSSR count).